The normalized spacial score (nSPS) is 26.8. The van der Waals surface area contributed by atoms with E-state index < -0.39 is 0 Å². The number of ether oxygens (including phenoxy) is 1. The minimum absolute atomic E-state index is 0.208. The van der Waals surface area contributed by atoms with Crippen LogP contribution in [-0.4, -0.2) is 28.0 Å². The van der Waals surface area contributed by atoms with Crippen molar-refractivity contribution in [1.82, 2.24) is 15.1 Å². The zero-order valence-electron chi connectivity index (χ0n) is 11.2. The summed E-state index contributed by atoms with van der Waals surface area (Å²) in [6, 6.07) is 2.68. The summed E-state index contributed by atoms with van der Waals surface area (Å²) >= 11 is 0. The van der Waals surface area contributed by atoms with E-state index in [0.29, 0.717) is 6.04 Å². The van der Waals surface area contributed by atoms with Crippen LogP contribution in [0.1, 0.15) is 44.2 Å². The highest BCUT2D eigenvalue weighted by atomic mass is 16.5. The molecule has 1 saturated heterocycles. The molecule has 1 aromatic heterocycles. The summed E-state index contributed by atoms with van der Waals surface area (Å²) in [7, 11) is 1.96. The average molecular weight is 249 g/mol. The molecule has 0 bridgehead atoms. The van der Waals surface area contributed by atoms with Crippen molar-refractivity contribution in [2.24, 2.45) is 7.05 Å². The Morgan fingerprint density at radius 3 is 3.06 bits per heavy atom. The largest absolute Gasteiger partial charge is 0.375 e. The van der Waals surface area contributed by atoms with Crippen LogP contribution in [0.2, 0.25) is 0 Å². The van der Waals surface area contributed by atoms with Crippen molar-refractivity contribution in [2.75, 3.05) is 6.61 Å². The molecule has 1 unspecified atom stereocenters. The molecule has 3 rings (SSSR count). The molecule has 0 aromatic carbocycles. The van der Waals surface area contributed by atoms with Gasteiger partial charge in [0.15, 0.2) is 0 Å². The summed E-state index contributed by atoms with van der Waals surface area (Å²) in [4.78, 5) is 0. The molecule has 2 aliphatic rings. The molecular formula is C14H23N3O. The summed E-state index contributed by atoms with van der Waals surface area (Å²) in [6.45, 7) is 1.79. The molecule has 0 amide bonds. The van der Waals surface area contributed by atoms with Gasteiger partial charge in [-0.15, -0.1) is 0 Å². The minimum Gasteiger partial charge on any atom is -0.375 e. The predicted molar refractivity (Wildman–Crippen MR) is 70.2 cm³/mol. The van der Waals surface area contributed by atoms with Crippen LogP contribution in [0.5, 0.6) is 0 Å². The molecule has 1 saturated carbocycles. The molecule has 100 valence electrons. The Balaban J connectivity index is 1.53. The first-order chi connectivity index (χ1) is 8.76. The van der Waals surface area contributed by atoms with E-state index in [2.05, 4.69) is 16.5 Å². The van der Waals surface area contributed by atoms with Crippen LogP contribution in [0.4, 0.5) is 0 Å². The molecule has 1 atom stereocenters. The van der Waals surface area contributed by atoms with Gasteiger partial charge < -0.3 is 10.1 Å². The lowest BCUT2D eigenvalue weighted by Gasteiger charge is -2.38. The van der Waals surface area contributed by atoms with Gasteiger partial charge in [0.05, 0.1) is 11.3 Å². The van der Waals surface area contributed by atoms with E-state index in [4.69, 9.17) is 4.74 Å². The smallest absolute Gasteiger partial charge is 0.0762 e. The van der Waals surface area contributed by atoms with Gasteiger partial charge in [0.25, 0.3) is 0 Å². The van der Waals surface area contributed by atoms with Crippen molar-refractivity contribution < 1.29 is 4.74 Å². The number of aromatic nitrogens is 2. The summed E-state index contributed by atoms with van der Waals surface area (Å²) in [5, 5.41) is 8.05. The number of aryl methyl sites for hydroxylation is 1. The third kappa shape index (κ3) is 2.59. The fourth-order valence-electron chi connectivity index (χ4n) is 3.38. The number of rotatable bonds is 3. The quantitative estimate of drug-likeness (QED) is 0.890. The second-order valence-corrected chi connectivity index (χ2v) is 5.79. The topological polar surface area (TPSA) is 39.1 Å². The zero-order valence-corrected chi connectivity index (χ0v) is 11.2. The fourth-order valence-corrected chi connectivity index (χ4v) is 3.38. The van der Waals surface area contributed by atoms with E-state index in [9.17, 15) is 0 Å². The van der Waals surface area contributed by atoms with Crippen molar-refractivity contribution in [2.45, 2.75) is 56.7 Å². The minimum atomic E-state index is 0.208. The van der Waals surface area contributed by atoms with Crippen molar-refractivity contribution >= 4 is 0 Å². The molecule has 1 spiro atoms. The summed E-state index contributed by atoms with van der Waals surface area (Å²) < 4.78 is 7.91. The first-order valence-corrected chi connectivity index (χ1v) is 7.12. The molecule has 4 nitrogen and oxygen atoms in total. The fraction of sp³-hybridized carbons (Fsp3) is 0.786. The van der Waals surface area contributed by atoms with Crippen molar-refractivity contribution in [1.29, 1.82) is 0 Å². The van der Waals surface area contributed by atoms with Crippen LogP contribution in [0.15, 0.2) is 12.3 Å². The van der Waals surface area contributed by atoms with Crippen molar-refractivity contribution in [3.05, 3.63) is 18.0 Å². The third-order valence-electron chi connectivity index (χ3n) is 4.35. The van der Waals surface area contributed by atoms with E-state index in [0.717, 1.165) is 25.3 Å². The van der Waals surface area contributed by atoms with Crippen LogP contribution in [0.25, 0.3) is 0 Å². The maximum Gasteiger partial charge on any atom is 0.0762 e. The first-order valence-electron chi connectivity index (χ1n) is 7.12. The van der Waals surface area contributed by atoms with Gasteiger partial charge >= 0.3 is 0 Å². The highest BCUT2D eigenvalue weighted by Gasteiger charge is 2.39. The van der Waals surface area contributed by atoms with Crippen LogP contribution < -0.4 is 5.32 Å². The zero-order chi connectivity index (χ0) is 12.4. The lowest BCUT2D eigenvalue weighted by Crippen LogP contribution is -2.45. The standard InChI is InChI=1S/C14H23N3O/c1-17-8-4-13(16-17)11-15-12-5-9-18-14(10-12)6-2-3-7-14/h4,8,12,15H,2-3,5-7,9-11H2,1H3. The van der Waals surface area contributed by atoms with Crippen molar-refractivity contribution in [3.63, 3.8) is 0 Å². The molecule has 1 aromatic rings. The first kappa shape index (κ1) is 12.2. The molecule has 2 heterocycles. The number of nitrogens with one attached hydrogen (secondary N) is 1. The SMILES string of the molecule is Cn1ccc(CNC2CCOC3(CCCC3)C2)n1. The molecule has 4 heteroatoms. The molecule has 2 fully saturated rings. The van der Waals surface area contributed by atoms with Gasteiger partial charge in [0.2, 0.25) is 0 Å². The van der Waals surface area contributed by atoms with Gasteiger partial charge in [-0.3, -0.25) is 4.68 Å². The number of hydrogen-bond acceptors (Lipinski definition) is 3. The Bertz CT molecular complexity index is 395. The monoisotopic (exact) mass is 249 g/mol. The summed E-state index contributed by atoms with van der Waals surface area (Å²) in [6.07, 6.45) is 9.51. The van der Waals surface area contributed by atoms with Crippen LogP contribution >= 0.6 is 0 Å². The van der Waals surface area contributed by atoms with Crippen LogP contribution in [0.3, 0.4) is 0 Å². The van der Waals surface area contributed by atoms with Gasteiger partial charge in [-0.2, -0.15) is 5.10 Å². The average Bonchev–Trinajstić information content (AvgIpc) is 2.97. The van der Waals surface area contributed by atoms with Crippen LogP contribution in [0, 0.1) is 0 Å². The van der Waals surface area contributed by atoms with E-state index >= 15 is 0 Å². The summed E-state index contributed by atoms with van der Waals surface area (Å²) in [5.74, 6) is 0. The van der Waals surface area contributed by atoms with Gasteiger partial charge in [-0.1, -0.05) is 12.8 Å². The van der Waals surface area contributed by atoms with Crippen molar-refractivity contribution in [3.8, 4) is 0 Å². The van der Waals surface area contributed by atoms with Gasteiger partial charge in [-0.25, -0.2) is 0 Å². The second kappa shape index (κ2) is 5.02. The Labute approximate surface area is 109 Å². The molecule has 1 aliphatic heterocycles. The molecule has 1 aliphatic carbocycles. The Morgan fingerprint density at radius 2 is 2.33 bits per heavy atom. The van der Waals surface area contributed by atoms with E-state index in [1.165, 1.54) is 32.1 Å². The maximum absolute atomic E-state index is 6.05. The summed E-state index contributed by atoms with van der Waals surface area (Å²) in [5.41, 5.74) is 1.34. The highest BCUT2D eigenvalue weighted by Crippen LogP contribution is 2.39. The third-order valence-corrected chi connectivity index (χ3v) is 4.35. The number of hydrogen-bond donors (Lipinski definition) is 1. The Morgan fingerprint density at radius 1 is 1.50 bits per heavy atom. The van der Waals surface area contributed by atoms with Crippen LogP contribution in [-0.2, 0) is 18.3 Å². The van der Waals surface area contributed by atoms with E-state index in [-0.39, 0.29) is 5.60 Å². The highest BCUT2D eigenvalue weighted by molar-refractivity contribution is 4.99. The molecular weight excluding hydrogens is 226 g/mol. The van der Waals surface area contributed by atoms with Gasteiger partial charge in [0, 0.05) is 32.4 Å². The lowest BCUT2D eigenvalue weighted by atomic mass is 9.89. The Hall–Kier alpha value is -0.870. The lowest BCUT2D eigenvalue weighted by molar-refractivity contribution is -0.0838. The van der Waals surface area contributed by atoms with E-state index in [1.807, 2.05) is 17.9 Å². The Kier molecular flexibility index (Phi) is 3.39. The van der Waals surface area contributed by atoms with Gasteiger partial charge in [-0.05, 0) is 31.7 Å². The molecule has 0 radical (unpaired) electrons. The van der Waals surface area contributed by atoms with E-state index in [1.54, 1.807) is 0 Å². The second-order valence-electron chi connectivity index (χ2n) is 5.79. The number of nitrogens with zero attached hydrogens (tertiary/aromatic N) is 2. The maximum atomic E-state index is 6.05. The molecule has 18 heavy (non-hydrogen) atoms. The predicted octanol–water partition coefficient (Wildman–Crippen LogP) is 2.00. The van der Waals surface area contributed by atoms with Gasteiger partial charge in [0.1, 0.15) is 0 Å². The molecule has 1 N–H and O–H groups in total.